The summed E-state index contributed by atoms with van der Waals surface area (Å²) in [7, 11) is 0. The van der Waals surface area contributed by atoms with Gasteiger partial charge in [0.1, 0.15) is 6.54 Å². The van der Waals surface area contributed by atoms with Gasteiger partial charge in [0.15, 0.2) is 0 Å². The molecule has 0 unspecified atom stereocenters. The van der Waals surface area contributed by atoms with Crippen LogP contribution in [0, 0.1) is 5.92 Å². The molecule has 2 aromatic carbocycles. The van der Waals surface area contributed by atoms with E-state index in [2.05, 4.69) is 5.32 Å². The Hall–Kier alpha value is -3.36. The van der Waals surface area contributed by atoms with E-state index in [1.54, 1.807) is 18.2 Å². The predicted molar refractivity (Wildman–Crippen MR) is 107 cm³/mol. The lowest BCUT2D eigenvalue weighted by molar-refractivity contribution is -0.137. The number of halogens is 3. The quantitative estimate of drug-likeness (QED) is 0.688. The Morgan fingerprint density at radius 2 is 1.63 bits per heavy atom. The van der Waals surface area contributed by atoms with E-state index >= 15 is 0 Å². The fourth-order valence-corrected chi connectivity index (χ4v) is 3.22. The van der Waals surface area contributed by atoms with E-state index in [-0.39, 0.29) is 23.4 Å². The molecule has 0 spiro atoms. The highest BCUT2D eigenvalue weighted by atomic mass is 19.4. The van der Waals surface area contributed by atoms with Crippen LogP contribution in [0.25, 0.3) is 10.9 Å². The molecule has 9 heteroatoms. The van der Waals surface area contributed by atoms with Crippen LogP contribution in [0.2, 0.25) is 0 Å². The fourth-order valence-electron chi connectivity index (χ4n) is 3.22. The summed E-state index contributed by atoms with van der Waals surface area (Å²) in [6, 6.07) is 10.9. The average Bonchev–Trinajstić information content (AvgIpc) is 2.68. The molecule has 0 aliphatic rings. The van der Waals surface area contributed by atoms with Gasteiger partial charge in [-0.15, -0.1) is 0 Å². The summed E-state index contributed by atoms with van der Waals surface area (Å²) < 4.78 is 41.7. The molecule has 30 heavy (non-hydrogen) atoms. The molecule has 6 nitrogen and oxygen atoms in total. The zero-order valence-electron chi connectivity index (χ0n) is 16.4. The lowest BCUT2D eigenvalue weighted by Gasteiger charge is -2.16. The molecule has 0 atom stereocenters. The standard InChI is InChI=1S/C21H20F3N3O3/c1-13(2)11-27-19(29)14-7-3-6-10-17(14)26(20(27)30)12-18(28)25-16-9-5-4-8-15(16)21(22,23)24/h3-10,13H,11-12H2,1-2H3,(H,25,28). The van der Waals surface area contributed by atoms with Gasteiger partial charge in [0.2, 0.25) is 5.91 Å². The first-order valence-corrected chi connectivity index (χ1v) is 9.28. The third-order valence-corrected chi connectivity index (χ3v) is 4.49. The van der Waals surface area contributed by atoms with Gasteiger partial charge in [0, 0.05) is 6.54 Å². The highest BCUT2D eigenvalue weighted by molar-refractivity contribution is 5.92. The number of aromatic nitrogens is 2. The number of carbonyl (C=O) groups excluding carboxylic acids is 1. The summed E-state index contributed by atoms with van der Waals surface area (Å²) in [4.78, 5) is 38.2. The summed E-state index contributed by atoms with van der Waals surface area (Å²) in [5.41, 5.74) is -2.30. The van der Waals surface area contributed by atoms with E-state index in [1.165, 1.54) is 18.2 Å². The Morgan fingerprint density at radius 3 is 2.30 bits per heavy atom. The van der Waals surface area contributed by atoms with Crippen molar-refractivity contribution in [2.75, 3.05) is 5.32 Å². The first-order valence-electron chi connectivity index (χ1n) is 9.28. The van der Waals surface area contributed by atoms with E-state index in [0.29, 0.717) is 0 Å². The normalized spacial score (nSPS) is 11.8. The number of amides is 1. The molecule has 0 aliphatic carbocycles. The van der Waals surface area contributed by atoms with Gasteiger partial charge in [-0.05, 0) is 30.2 Å². The van der Waals surface area contributed by atoms with Gasteiger partial charge >= 0.3 is 11.9 Å². The highest BCUT2D eigenvalue weighted by Gasteiger charge is 2.33. The van der Waals surface area contributed by atoms with E-state index in [4.69, 9.17) is 0 Å². The number of nitrogens with one attached hydrogen (secondary N) is 1. The maximum atomic E-state index is 13.2. The second kappa shape index (κ2) is 8.17. The van der Waals surface area contributed by atoms with Crippen molar-refractivity contribution in [2.45, 2.75) is 33.1 Å². The van der Waals surface area contributed by atoms with Crippen molar-refractivity contribution in [3.05, 3.63) is 74.9 Å². The van der Waals surface area contributed by atoms with Crippen LogP contribution in [0.1, 0.15) is 19.4 Å². The monoisotopic (exact) mass is 419 g/mol. The van der Waals surface area contributed by atoms with E-state index < -0.39 is 41.1 Å². The van der Waals surface area contributed by atoms with Crippen molar-refractivity contribution in [1.82, 2.24) is 9.13 Å². The number of para-hydroxylation sites is 2. The number of anilines is 1. The average molecular weight is 419 g/mol. The van der Waals surface area contributed by atoms with Gasteiger partial charge < -0.3 is 5.32 Å². The Morgan fingerprint density at radius 1 is 1.00 bits per heavy atom. The van der Waals surface area contributed by atoms with Crippen LogP contribution in [0.3, 0.4) is 0 Å². The molecule has 0 saturated carbocycles. The van der Waals surface area contributed by atoms with Crippen LogP contribution in [-0.2, 0) is 24.1 Å². The molecule has 0 bridgehead atoms. The van der Waals surface area contributed by atoms with E-state index in [0.717, 1.165) is 21.3 Å². The lowest BCUT2D eigenvalue weighted by atomic mass is 10.1. The van der Waals surface area contributed by atoms with Crippen LogP contribution in [-0.4, -0.2) is 15.0 Å². The number of fused-ring (bicyclic) bond motifs is 1. The number of alkyl halides is 3. The Kier molecular flexibility index (Phi) is 5.82. The largest absolute Gasteiger partial charge is 0.418 e. The third kappa shape index (κ3) is 4.29. The Bertz CT molecular complexity index is 1210. The summed E-state index contributed by atoms with van der Waals surface area (Å²) in [5, 5.41) is 2.48. The minimum absolute atomic E-state index is 0.00231. The van der Waals surface area contributed by atoms with Crippen LogP contribution in [0.4, 0.5) is 18.9 Å². The van der Waals surface area contributed by atoms with Crippen LogP contribution >= 0.6 is 0 Å². The topological polar surface area (TPSA) is 73.1 Å². The molecule has 0 aliphatic heterocycles. The molecular formula is C21H20F3N3O3. The number of carbonyl (C=O) groups is 1. The molecule has 158 valence electrons. The number of nitrogens with zero attached hydrogens (tertiary/aromatic N) is 2. The second-order valence-electron chi connectivity index (χ2n) is 7.29. The van der Waals surface area contributed by atoms with Gasteiger partial charge in [-0.1, -0.05) is 38.1 Å². The second-order valence-corrected chi connectivity index (χ2v) is 7.29. The number of benzene rings is 2. The number of hydrogen-bond acceptors (Lipinski definition) is 3. The predicted octanol–water partition coefficient (Wildman–Crippen LogP) is 3.48. The van der Waals surface area contributed by atoms with Gasteiger partial charge in [0.05, 0.1) is 22.2 Å². The van der Waals surface area contributed by atoms with Gasteiger partial charge in [0.25, 0.3) is 5.56 Å². The third-order valence-electron chi connectivity index (χ3n) is 4.49. The molecule has 0 fully saturated rings. The van der Waals surface area contributed by atoms with Crippen molar-refractivity contribution < 1.29 is 18.0 Å². The summed E-state index contributed by atoms with van der Waals surface area (Å²) in [6.07, 6.45) is -4.64. The molecule has 3 aromatic rings. The van der Waals surface area contributed by atoms with Crippen LogP contribution in [0.15, 0.2) is 58.1 Å². The number of hydrogen-bond donors (Lipinski definition) is 1. The van der Waals surface area contributed by atoms with E-state index in [1.807, 2.05) is 13.8 Å². The van der Waals surface area contributed by atoms with Gasteiger partial charge in [-0.3, -0.25) is 18.7 Å². The van der Waals surface area contributed by atoms with Gasteiger partial charge in [-0.2, -0.15) is 13.2 Å². The first kappa shape index (κ1) is 21.4. The van der Waals surface area contributed by atoms with Crippen LogP contribution in [0.5, 0.6) is 0 Å². The fraction of sp³-hybridized carbons (Fsp3) is 0.286. The SMILES string of the molecule is CC(C)Cn1c(=O)c2ccccc2n(CC(=O)Nc2ccccc2C(F)(F)F)c1=O. The molecule has 1 amide bonds. The molecule has 0 radical (unpaired) electrons. The zero-order chi connectivity index (χ0) is 22.1. The number of rotatable bonds is 5. The molecular weight excluding hydrogens is 399 g/mol. The minimum Gasteiger partial charge on any atom is -0.324 e. The van der Waals surface area contributed by atoms with Crippen molar-refractivity contribution in [1.29, 1.82) is 0 Å². The smallest absolute Gasteiger partial charge is 0.324 e. The van der Waals surface area contributed by atoms with Crippen molar-refractivity contribution in [3.8, 4) is 0 Å². The summed E-state index contributed by atoms with van der Waals surface area (Å²) in [5.74, 6) is -0.814. The summed E-state index contributed by atoms with van der Waals surface area (Å²) in [6.45, 7) is 3.29. The molecule has 1 N–H and O–H groups in total. The van der Waals surface area contributed by atoms with Crippen molar-refractivity contribution in [3.63, 3.8) is 0 Å². The maximum Gasteiger partial charge on any atom is 0.418 e. The Labute approximate surface area is 169 Å². The minimum atomic E-state index is -4.64. The van der Waals surface area contributed by atoms with Crippen molar-refractivity contribution in [2.24, 2.45) is 5.92 Å². The van der Waals surface area contributed by atoms with E-state index in [9.17, 15) is 27.6 Å². The van der Waals surface area contributed by atoms with Crippen molar-refractivity contribution >= 4 is 22.5 Å². The molecule has 3 rings (SSSR count). The van der Waals surface area contributed by atoms with Crippen LogP contribution < -0.4 is 16.6 Å². The Balaban J connectivity index is 2.03. The molecule has 0 saturated heterocycles. The first-order chi connectivity index (χ1) is 14.1. The maximum absolute atomic E-state index is 13.2. The van der Waals surface area contributed by atoms with Gasteiger partial charge in [-0.25, -0.2) is 4.79 Å². The zero-order valence-corrected chi connectivity index (χ0v) is 16.4. The molecule has 1 heterocycles. The molecule has 1 aromatic heterocycles. The highest BCUT2D eigenvalue weighted by Crippen LogP contribution is 2.34. The lowest BCUT2D eigenvalue weighted by Crippen LogP contribution is -2.42. The summed E-state index contributed by atoms with van der Waals surface area (Å²) >= 11 is 0.